The zero-order chi connectivity index (χ0) is 19.2. The fourth-order valence-corrected chi connectivity index (χ4v) is 3.80. The van der Waals surface area contributed by atoms with E-state index >= 15 is 0 Å². The predicted molar refractivity (Wildman–Crippen MR) is 115 cm³/mol. The average molecular weight is 374 g/mol. The first kappa shape index (κ1) is 18.4. The van der Waals surface area contributed by atoms with Crippen molar-refractivity contribution in [1.29, 1.82) is 0 Å². The summed E-state index contributed by atoms with van der Waals surface area (Å²) >= 11 is 0. The molecule has 0 aliphatic carbocycles. The summed E-state index contributed by atoms with van der Waals surface area (Å²) in [7, 11) is 0. The van der Waals surface area contributed by atoms with E-state index in [4.69, 9.17) is 5.73 Å². The highest BCUT2D eigenvalue weighted by Crippen LogP contribution is 2.17. The molecule has 0 atom stereocenters. The first-order valence-electron chi connectivity index (χ1n) is 9.93. The van der Waals surface area contributed by atoms with Crippen molar-refractivity contribution >= 4 is 16.9 Å². The molecule has 3 aromatic rings. The second-order valence-corrected chi connectivity index (χ2v) is 7.37. The average Bonchev–Trinajstić information content (AvgIpc) is 2.74. The van der Waals surface area contributed by atoms with E-state index < -0.39 is 0 Å². The number of hydrogen-bond donors (Lipinski definition) is 2. The summed E-state index contributed by atoms with van der Waals surface area (Å²) in [4.78, 5) is 11.5. The molecule has 1 aromatic heterocycles. The smallest absolute Gasteiger partial charge is 0.189 e. The third-order valence-electron chi connectivity index (χ3n) is 5.32. The van der Waals surface area contributed by atoms with Crippen LogP contribution in [0, 0.1) is 0 Å². The minimum absolute atomic E-state index is 0.390. The van der Waals surface area contributed by atoms with Gasteiger partial charge in [-0.1, -0.05) is 54.6 Å². The van der Waals surface area contributed by atoms with Gasteiger partial charge in [0.15, 0.2) is 5.96 Å². The quantitative estimate of drug-likeness (QED) is 0.532. The number of aliphatic imine (C=N–C) groups is 1. The zero-order valence-corrected chi connectivity index (χ0v) is 16.1. The van der Waals surface area contributed by atoms with Crippen LogP contribution in [-0.4, -0.2) is 35.0 Å². The summed E-state index contributed by atoms with van der Waals surface area (Å²) in [5.41, 5.74) is 9.63. The SMILES string of the molecule is NC(=NCc1cccc2cccnc12)NC1CCN(Cc2ccccc2)CC1. The Morgan fingerprint density at radius 1 is 1.04 bits per heavy atom. The van der Waals surface area contributed by atoms with Gasteiger partial charge in [-0.15, -0.1) is 0 Å². The van der Waals surface area contributed by atoms with E-state index in [1.54, 1.807) is 0 Å². The number of rotatable bonds is 5. The van der Waals surface area contributed by atoms with Crippen molar-refractivity contribution in [2.24, 2.45) is 10.7 Å². The Balaban J connectivity index is 1.29. The molecule has 1 aliphatic rings. The predicted octanol–water partition coefficient (Wildman–Crippen LogP) is 3.30. The minimum atomic E-state index is 0.390. The summed E-state index contributed by atoms with van der Waals surface area (Å²) in [5.74, 6) is 0.523. The van der Waals surface area contributed by atoms with E-state index in [1.807, 2.05) is 18.3 Å². The number of benzene rings is 2. The zero-order valence-electron chi connectivity index (χ0n) is 16.1. The number of pyridine rings is 1. The standard InChI is InChI=1S/C23H27N5/c24-23(26-16-20-9-4-8-19-10-5-13-25-22(19)20)27-21-11-14-28(15-12-21)17-18-6-2-1-3-7-18/h1-10,13,21H,11-12,14-17H2,(H3,24,26,27). The Morgan fingerprint density at radius 2 is 1.82 bits per heavy atom. The Kier molecular flexibility index (Phi) is 5.83. The monoisotopic (exact) mass is 373 g/mol. The molecule has 2 heterocycles. The highest BCUT2D eigenvalue weighted by atomic mass is 15.2. The molecule has 0 saturated carbocycles. The molecule has 2 aromatic carbocycles. The van der Waals surface area contributed by atoms with Crippen LogP contribution in [0.4, 0.5) is 0 Å². The third-order valence-corrected chi connectivity index (χ3v) is 5.32. The molecule has 5 nitrogen and oxygen atoms in total. The van der Waals surface area contributed by atoms with E-state index in [2.05, 4.69) is 68.7 Å². The lowest BCUT2D eigenvalue weighted by molar-refractivity contribution is 0.199. The van der Waals surface area contributed by atoms with Gasteiger partial charge in [-0.3, -0.25) is 9.88 Å². The molecule has 1 aliphatic heterocycles. The van der Waals surface area contributed by atoms with Crippen molar-refractivity contribution in [3.05, 3.63) is 78.0 Å². The second kappa shape index (κ2) is 8.85. The maximum Gasteiger partial charge on any atom is 0.189 e. The van der Waals surface area contributed by atoms with Crippen molar-refractivity contribution in [3.8, 4) is 0 Å². The number of nitrogens with two attached hydrogens (primary N) is 1. The summed E-state index contributed by atoms with van der Waals surface area (Å²) in [6, 6.07) is 21.2. The molecule has 144 valence electrons. The number of likely N-dealkylation sites (tertiary alicyclic amines) is 1. The van der Waals surface area contributed by atoms with Crippen molar-refractivity contribution in [1.82, 2.24) is 15.2 Å². The fraction of sp³-hybridized carbons (Fsp3) is 0.304. The number of aromatic nitrogens is 1. The van der Waals surface area contributed by atoms with Crippen molar-refractivity contribution in [3.63, 3.8) is 0 Å². The molecule has 1 saturated heterocycles. The Morgan fingerprint density at radius 3 is 2.64 bits per heavy atom. The first-order valence-corrected chi connectivity index (χ1v) is 9.93. The maximum atomic E-state index is 6.16. The number of nitrogens with zero attached hydrogens (tertiary/aromatic N) is 3. The van der Waals surface area contributed by atoms with E-state index in [1.165, 1.54) is 5.56 Å². The van der Waals surface area contributed by atoms with Crippen molar-refractivity contribution in [2.75, 3.05) is 13.1 Å². The summed E-state index contributed by atoms with van der Waals surface area (Å²) in [6.45, 7) is 3.71. The van der Waals surface area contributed by atoms with Crippen LogP contribution in [-0.2, 0) is 13.1 Å². The lowest BCUT2D eigenvalue weighted by Crippen LogP contribution is -2.46. The number of piperidine rings is 1. The minimum Gasteiger partial charge on any atom is -0.370 e. The molecule has 0 amide bonds. The Bertz CT molecular complexity index is 925. The number of para-hydroxylation sites is 1. The van der Waals surface area contributed by atoms with Gasteiger partial charge in [0, 0.05) is 37.3 Å². The lowest BCUT2D eigenvalue weighted by Gasteiger charge is -2.32. The summed E-state index contributed by atoms with van der Waals surface area (Å²) < 4.78 is 0. The number of fused-ring (bicyclic) bond motifs is 1. The van der Waals surface area contributed by atoms with Gasteiger partial charge in [-0.25, -0.2) is 4.99 Å². The lowest BCUT2D eigenvalue weighted by atomic mass is 10.0. The van der Waals surface area contributed by atoms with Crippen LogP contribution in [0.5, 0.6) is 0 Å². The number of guanidine groups is 1. The first-order chi connectivity index (χ1) is 13.8. The largest absolute Gasteiger partial charge is 0.370 e. The normalized spacial score (nSPS) is 16.4. The van der Waals surface area contributed by atoms with Crippen LogP contribution < -0.4 is 11.1 Å². The van der Waals surface area contributed by atoms with E-state index in [0.29, 0.717) is 18.5 Å². The number of nitrogens with one attached hydrogen (secondary N) is 1. The van der Waals surface area contributed by atoms with Gasteiger partial charge in [0.05, 0.1) is 12.1 Å². The Labute approximate surface area is 166 Å². The van der Waals surface area contributed by atoms with E-state index in [0.717, 1.165) is 48.9 Å². The Hall–Kier alpha value is -2.92. The van der Waals surface area contributed by atoms with Crippen LogP contribution in [0.3, 0.4) is 0 Å². The van der Waals surface area contributed by atoms with Gasteiger partial charge in [0.25, 0.3) is 0 Å². The van der Waals surface area contributed by atoms with Crippen molar-refractivity contribution in [2.45, 2.75) is 32.0 Å². The molecule has 3 N–H and O–H groups in total. The van der Waals surface area contributed by atoms with Crippen LogP contribution >= 0.6 is 0 Å². The topological polar surface area (TPSA) is 66.5 Å². The molecule has 0 bridgehead atoms. The second-order valence-electron chi connectivity index (χ2n) is 7.37. The fourth-order valence-electron chi connectivity index (χ4n) is 3.80. The number of hydrogen-bond acceptors (Lipinski definition) is 3. The van der Waals surface area contributed by atoms with Gasteiger partial charge in [-0.05, 0) is 30.0 Å². The summed E-state index contributed by atoms with van der Waals surface area (Å²) in [5, 5.41) is 4.53. The van der Waals surface area contributed by atoms with Crippen LogP contribution in [0.15, 0.2) is 71.9 Å². The van der Waals surface area contributed by atoms with Crippen LogP contribution in [0.25, 0.3) is 10.9 Å². The highest BCUT2D eigenvalue weighted by Gasteiger charge is 2.19. The molecule has 5 heteroatoms. The maximum absolute atomic E-state index is 6.16. The molecule has 0 spiro atoms. The molecular weight excluding hydrogens is 346 g/mol. The van der Waals surface area contributed by atoms with Gasteiger partial charge in [0.2, 0.25) is 0 Å². The van der Waals surface area contributed by atoms with E-state index in [-0.39, 0.29) is 0 Å². The summed E-state index contributed by atoms with van der Waals surface area (Å²) in [6.07, 6.45) is 3.98. The molecule has 1 fully saturated rings. The van der Waals surface area contributed by atoms with Gasteiger partial charge in [-0.2, -0.15) is 0 Å². The molecule has 4 rings (SSSR count). The van der Waals surface area contributed by atoms with Gasteiger partial charge < -0.3 is 11.1 Å². The molecule has 0 radical (unpaired) electrons. The molecular formula is C23H27N5. The van der Waals surface area contributed by atoms with Crippen LogP contribution in [0.2, 0.25) is 0 Å². The van der Waals surface area contributed by atoms with E-state index in [9.17, 15) is 0 Å². The molecule has 28 heavy (non-hydrogen) atoms. The third kappa shape index (κ3) is 4.67. The highest BCUT2D eigenvalue weighted by molar-refractivity contribution is 5.82. The van der Waals surface area contributed by atoms with Gasteiger partial charge >= 0.3 is 0 Å². The van der Waals surface area contributed by atoms with Gasteiger partial charge in [0.1, 0.15) is 0 Å². The molecule has 0 unspecified atom stereocenters. The van der Waals surface area contributed by atoms with Crippen molar-refractivity contribution < 1.29 is 0 Å². The van der Waals surface area contributed by atoms with Crippen LogP contribution in [0.1, 0.15) is 24.0 Å².